The molecule has 5 rings (SSSR count). The molecular weight excluding hydrogens is 446 g/mol. The summed E-state index contributed by atoms with van der Waals surface area (Å²) < 4.78 is 1.70. The lowest BCUT2D eigenvalue weighted by molar-refractivity contribution is -0.135. The Bertz CT molecular complexity index is 1130. The molecule has 186 valence electrons. The topological polar surface area (TPSA) is 117 Å². The van der Waals surface area contributed by atoms with Crippen molar-refractivity contribution >= 4 is 29.1 Å². The summed E-state index contributed by atoms with van der Waals surface area (Å²) in [5, 5.41) is 6.81. The van der Waals surface area contributed by atoms with Gasteiger partial charge in [0.15, 0.2) is 0 Å². The molecule has 0 saturated carbocycles. The first-order chi connectivity index (χ1) is 16.8. The smallest absolute Gasteiger partial charge is 0.244 e. The van der Waals surface area contributed by atoms with Crippen molar-refractivity contribution < 1.29 is 14.4 Å². The monoisotopic (exact) mass is 479 g/mol. The molecule has 1 atom stereocenters. The molecule has 0 spiro atoms. The molecule has 3 N–H and O–H groups in total. The van der Waals surface area contributed by atoms with Crippen molar-refractivity contribution in [1.82, 2.24) is 24.9 Å². The molecule has 3 saturated heterocycles. The quantitative estimate of drug-likeness (QED) is 0.605. The number of aromatic nitrogens is 2. The molecule has 0 radical (unpaired) electrons. The second-order valence-electron chi connectivity index (χ2n) is 9.81. The van der Waals surface area contributed by atoms with Gasteiger partial charge < -0.3 is 15.5 Å². The summed E-state index contributed by atoms with van der Waals surface area (Å²) in [6, 6.07) is 8.63. The van der Waals surface area contributed by atoms with Gasteiger partial charge in [0.1, 0.15) is 6.54 Å². The number of rotatable bonds is 5. The Morgan fingerprint density at radius 2 is 1.77 bits per heavy atom. The predicted octanol–water partition coefficient (Wildman–Crippen LogP) is 0.635. The maximum atomic E-state index is 12.8. The average molecular weight is 480 g/mol. The van der Waals surface area contributed by atoms with Crippen molar-refractivity contribution in [3.8, 4) is 0 Å². The van der Waals surface area contributed by atoms with Crippen LogP contribution in [0, 0.1) is 13.8 Å². The molecule has 4 heterocycles. The van der Waals surface area contributed by atoms with Crippen molar-refractivity contribution in [3.63, 3.8) is 0 Å². The van der Waals surface area contributed by atoms with E-state index in [2.05, 4.69) is 32.3 Å². The standard InChI is InChI=1S/C25H33N7O3/c1-16-24(26)17(2)32(28-16)15-23(34)30-11-9-29(10-12-30)20-13-31(14-20)19-5-3-18(4-6-19)21-7-8-22(33)27-25(21)35/h3-6,20-21H,7-15,26H2,1-2H3,(H,27,33,35). The summed E-state index contributed by atoms with van der Waals surface area (Å²) in [4.78, 5) is 43.0. The Morgan fingerprint density at radius 3 is 2.37 bits per heavy atom. The van der Waals surface area contributed by atoms with Crippen LogP contribution in [-0.2, 0) is 20.9 Å². The zero-order chi connectivity index (χ0) is 24.7. The van der Waals surface area contributed by atoms with E-state index >= 15 is 0 Å². The third-order valence-corrected chi connectivity index (χ3v) is 7.67. The number of carbonyl (C=O) groups is 3. The minimum absolute atomic E-state index is 0.0848. The fourth-order valence-corrected chi connectivity index (χ4v) is 5.26. The van der Waals surface area contributed by atoms with Crippen molar-refractivity contribution in [3.05, 3.63) is 41.2 Å². The second-order valence-corrected chi connectivity index (χ2v) is 9.81. The van der Waals surface area contributed by atoms with Crippen LogP contribution in [0.3, 0.4) is 0 Å². The number of hydrogen-bond donors (Lipinski definition) is 2. The Kier molecular flexibility index (Phi) is 6.22. The molecule has 2 aromatic rings. The number of piperidine rings is 1. The van der Waals surface area contributed by atoms with Gasteiger partial charge in [-0.3, -0.25) is 29.3 Å². The van der Waals surface area contributed by atoms with Gasteiger partial charge in [0.25, 0.3) is 0 Å². The lowest BCUT2D eigenvalue weighted by Gasteiger charge is -2.49. The zero-order valence-electron chi connectivity index (χ0n) is 20.4. The number of aryl methyl sites for hydroxylation is 1. The maximum absolute atomic E-state index is 12.8. The second kappa shape index (κ2) is 9.33. The highest BCUT2D eigenvalue weighted by Crippen LogP contribution is 2.29. The van der Waals surface area contributed by atoms with E-state index in [1.807, 2.05) is 30.9 Å². The summed E-state index contributed by atoms with van der Waals surface area (Å²) in [5.74, 6) is -0.548. The molecule has 1 aromatic carbocycles. The summed E-state index contributed by atoms with van der Waals surface area (Å²) in [6.07, 6.45) is 0.960. The van der Waals surface area contributed by atoms with E-state index in [-0.39, 0.29) is 30.2 Å². The molecule has 3 fully saturated rings. The zero-order valence-corrected chi connectivity index (χ0v) is 20.4. The van der Waals surface area contributed by atoms with Gasteiger partial charge in [-0.1, -0.05) is 12.1 Å². The fourth-order valence-electron chi connectivity index (χ4n) is 5.26. The third kappa shape index (κ3) is 4.62. The number of piperazine rings is 1. The molecule has 1 unspecified atom stereocenters. The third-order valence-electron chi connectivity index (χ3n) is 7.67. The van der Waals surface area contributed by atoms with Crippen molar-refractivity contribution in [2.24, 2.45) is 0 Å². The van der Waals surface area contributed by atoms with Crippen LogP contribution in [0.5, 0.6) is 0 Å². The number of nitrogens with two attached hydrogens (primary N) is 1. The normalized spacial score (nSPS) is 21.7. The van der Waals surface area contributed by atoms with Gasteiger partial charge in [-0.25, -0.2) is 0 Å². The van der Waals surface area contributed by atoms with Crippen LogP contribution in [0.15, 0.2) is 24.3 Å². The van der Waals surface area contributed by atoms with E-state index in [4.69, 9.17) is 5.73 Å². The van der Waals surface area contributed by atoms with E-state index in [1.165, 1.54) is 0 Å². The number of carbonyl (C=O) groups excluding carboxylic acids is 3. The Balaban J connectivity index is 1.08. The first-order valence-corrected chi connectivity index (χ1v) is 12.3. The van der Waals surface area contributed by atoms with Crippen molar-refractivity contribution in [1.29, 1.82) is 0 Å². The van der Waals surface area contributed by atoms with E-state index in [0.29, 0.717) is 24.6 Å². The molecular formula is C25H33N7O3. The lowest BCUT2D eigenvalue weighted by atomic mass is 9.90. The summed E-state index contributed by atoms with van der Waals surface area (Å²) in [7, 11) is 0. The lowest BCUT2D eigenvalue weighted by Crippen LogP contribution is -2.63. The Hall–Kier alpha value is -3.40. The maximum Gasteiger partial charge on any atom is 0.244 e. The van der Waals surface area contributed by atoms with Gasteiger partial charge in [-0.15, -0.1) is 0 Å². The number of nitrogen functional groups attached to an aromatic ring is 1. The number of nitrogens with zero attached hydrogens (tertiary/aromatic N) is 5. The highest BCUT2D eigenvalue weighted by molar-refractivity contribution is 6.00. The SMILES string of the molecule is Cc1nn(CC(=O)N2CCN(C3CN(c4ccc(C5CCC(=O)NC5=O)cc4)C3)CC2)c(C)c1N. The molecule has 3 amide bonds. The van der Waals surface area contributed by atoms with Gasteiger partial charge in [-0.2, -0.15) is 5.10 Å². The molecule has 10 heteroatoms. The van der Waals surface area contributed by atoms with E-state index in [0.717, 1.165) is 61.9 Å². The summed E-state index contributed by atoms with van der Waals surface area (Å²) in [5.41, 5.74) is 10.4. The van der Waals surface area contributed by atoms with Crippen LogP contribution in [0.25, 0.3) is 0 Å². The van der Waals surface area contributed by atoms with Crippen LogP contribution in [0.1, 0.15) is 35.7 Å². The molecule has 10 nitrogen and oxygen atoms in total. The average Bonchev–Trinajstić information content (AvgIpc) is 3.05. The van der Waals surface area contributed by atoms with Crippen LogP contribution >= 0.6 is 0 Å². The van der Waals surface area contributed by atoms with E-state index in [9.17, 15) is 14.4 Å². The molecule has 35 heavy (non-hydrogen) atoms. The van der Waals surface area contributed by atoms with Crippen LogP contribution in [-0.4, -0.2) is 82.6 Å². The number of benzene rings is 1. The van der Waals surface area contributed by atoms with E-state index in [1.54, 1.807) is 4.68 Å². The molecule has 0 bridgehead atoms. The number of imide groups is 1. The summed E-state index contributed by atoms with van der Waals surface area (Å²) in [6.45, 7) is 9.09. The molecule has 3 aliphatic rings. The van der Waals surface area contributed by atoms with Gasteiger partial charge in [0.05, 0.1) is 23.0 Å². The van der Waals surface area contributed by atoms with E-state index < -0.39 is 0 Å². The largest absolute Gasteiger partial charge is 0.396 e. The highest BCUT2D eigenvalue weighted by atomic mass is 16.2. The van der Waals surface area contributed by atoms with Gasteiger partial charge in [0.2, 0.25) is 17.7 Å². The van der Waals surface area contributed by atoms with Crippen LogP contribution in [0.4, 0.5) is 11.4 Å². The molecule has 0 aliphatic carbocycles. The number of anilines is 2. The minimum Gasteiger partial charge on any atom is -0.396 e. The van der Waals surface area contributed by atoms with Crippen LogP contribution in [0.2, 0.25) is 0 Å². The minimum atomic E-state index is -0.247. The first-order valence-electron chi connectivity index (χ1n) is 12.3. The highest BCUT2D eigenvalue weighted by Gasteiger charge is 2.35. The molecule has 3 aliphatic heterocycles. The van der Waals surface area contributed by atoms with Gasteiger partial charge in [0, 0.05) is 57.4 Å². The number of nitrogens with one attached hydrogen (secondary N) is 1. The van der Waals surface area contributed by atoms with Crippen molar-refractivity contribution in [2.45, 2.75) is 45.2 Å². The number of amides is 3. The van der Waals surface area contributed by atoms with Gasteiger partial charge in [-0.05, 0) is 38.0 Å². The molecule has 1 aromatic heterocycles. The van der Waals surface area contributed by atoms with Gasteiger partial charge >= 0.3 is 0 Å². The number of hydrogen-bond acceptors (Lipinski definition) is 7. The Labute approximate surface area is 205 Å². The predicted molar refractivity (Wildman–Crippen MR) is 132 cm³/mol. The fraction of sp³-hybridized carbons (Fsp3) is 0.520. The first kappa shape index (κ1) is 23.3. The Morgan fingerprint density at radius 1 is 1.09 bits per heavy atom. The summed E-state index contributed by atoms with van der Waals surface area (Å²) >= 11 is 0. The van der Waals surface area contributed by atoms with Crippen LogP contribution < -0.4 is 16.0 Å². The van der Waals surface area contributed by atoms with Crippen molar-refractivity contribution in [2.75, 3.05) is 49.9 Å².